The summed E-state index contributed by atoms with van der Waals surface area (Å²) in [6.45, 7) is 0. The van der Waals surface area contributed by atoms with Gasteiger partial charge in [-0.2, -0.15) is 0 Å². The molecule has 6 atom stereocenters. The van der Waals surface area contributed by atoms with Gasteiger partial charge in [0, 0.05) is 16.7 Å². The topological polar surface area (TPSA) is 72.8 Å². The lowest BCUT2D eigenvalue weighted by Gasteiger charge is -2.47. The summed E-state index contributed by atoms with van der Waals surface area (Å²) >= 11 is 0. The van der Waals surface area contributed by atoms with Crippen molar-refractivity contribution in [3.8, 4) is 45.3 Å². The van der Waals surface area contributed by atoms with Crippen LogP contribution in [-0.4, -0.2) is 23.4 Å². The highest BCUT2D eigenvalue weighted by molar-refractivity contribution is 7.91. The van der Waals surface area contributed by atoms with Gasteiger partial charge in [0.15, 0.2) is 17.5 Å². The second-order valence-electron chi connectivity index (χ2n) is 14.8. The minimum Gasteiger partial charge on any atom is -0.218 e. The fourth-order valence-corrected chi connectivity index (χ4v) is 11.7. The van der Waals surface area contributed by atoms with Crippen LogP contribution in [0.1, 0.15) is 55.1 Å². The van der Waals surface area contributed by atoms with Gasteiger partial charge in [0.1, 0.15) is 0 Å². The Labute approximate surface area is 293 Å². The van der Waals surface area contributed by atoms with Crippen molar-refractivity contribution in [2.75, 3.05) is 0 Å². The van der Waals surface area contributed by atoms with E-state index in [1.165, 1.54) is 12.8 Å². The summed E-state index contributed by atoms with van der Waals surface area (Å²) in [5, 5.41) is 0. The number of fused-ring (bicyclic) bond motifs is 1. The van der Waals surface area contributed by atoms with Crippen LogP contribution < -0.4 is 0 Å². The minimum absolute atomic E-state index is 0.181. The molecular weight excluding hydrogens is 635 g/mol. The van der Waals surface area contributed by atoms with Gasteiger partial charge in [0.25, 0.3) is 0 Å². The molecule has 5 nitrogen and oxygen atoms in total. The van der Waals surface area contributed by atoms with E-state index in [0.29, 0.717) is 50.9 Å². The van der Waals surface area contributed by atoms with Crippen LogP contribution in [0.3, 0.4) is 0 Å². The van der Waals surface area contributed by atoms with E-state index in [1.807, 2.05) is 78.9 Å². The Hall–Kier alpha value is -4.94. The van der Waals surface area contributed by atoms with E-state index in [9.17, 15) is 8.42 Å². The molecule has 6 heteroatoms. The van der Waals surface area contributed by atoms with Gasteiger partial charge in [-0.3, -0.25) is 0 Å². The number of aromatic nitrogens is 3. The average Bonchev–Trinajstić information content (AvgIpc) is 3.53. The smallest absolute Gasteiger partial charge is 0.207 e. The average molecular weight is 672 g/mol. The third-order valence-electron chi connectivity index (χ3n) is 12.2. The number of hydrogen-bond donors (Lipinski definition) is 0. The maximum Gasteiger partial charge on any atom is 0.207 e. The van der Waals surface area contributed by atoms with E-state index in [-0.39, 0.29) is 5.92 Å². The Bertz CT molecular complexity index is 2360. The molecule has 6 aromatic rings. The van der Waals surface area contributed by atoms with E-state index in [1.54, 1.807) is 0 Å². The summed E-state index contributed by atoms with van der Waals surface area (Å²) in [6.07, 6.45) is 5.71. The monoisotopic (exact) mass is 671 g/mol. The molecule has 50 heavy (non-hydrogen) atoms. The molecular formula is C44H37N3O2S. The highest BCUT2D eigenvalue weighted by atomic mass is 32.2. The maximum absolute atomic E-state index is 14.7. The van der Waals surface area contributed by atoms with E-state index in [0.717, 1.165) is 64.1 Å². The van der Waals surface area contributed by atoms with E-state index >= 15 is 0 Å². The zero-order valence-electron chi connectivity index (χ0n) is 27.7. The number of benzene rings is 5. The van der Waals surface area contributed by atoms with Gasteiger partial charge in [-0.25, -0.2) is 23.4 Å². The third kappa shape index (κ3) is 4.79. The standard InChI is InChI=1S/C44H37N3O2S/c48-50(49)38-14-8-7-13-36(38)41-32-20-19-31(23-34-25-35(24-32)40(34)41)37-26-33(21-22-39(37)50)44-46-42(29-11-5-2-6-12-29)45-43(47-44)30-17-15-28(16-18-30)27-9-3-1-4-10-27/h1-18,21-22,26,31-32,34-35,40-41H,19-20,23-25H2/t31?,32-,34?,35?,40-,41-/m1/s1. The van der Waals surface area contributed by atoms with Crippen molar-refractivity contribution in [2.45, 2.75) is 53.7 Å². The first kappa shape index (κ1) is 29.9. The Kier molecular flexibility index (Phi) is 6.92. The van der Waals surface area contributed by atoms with E-state index in [4.69, 9.17) is 15.0 Å². The predicted octanol–water partition coefficient (Wildman–Crippen LogP) is 10.0. The first-order valence-corrected chi connectivity index (χ1v) is 19.5. The molecule has 2 aliphatic heterocycles. The van der Waals surface area contributed by atoms with Gasteiger partial charge < -0.3 is 0 Å². The van der Waals surface area contributed by atoms with Gasteiger partial charge >= 0.3 is 0 Å². The molecule has 0 amide bonds. The van der Waals surface area contributed by atoms with Gasteiger partial charge in [-0.05, 0) is 114 Å². The summed E-state index contributed by atoms with van der Waals surface area (Å²) in [7, 11) is -3.75. The van der Waals surface area contributed by atoms with Crippen LogP contribution in [-0.2, 0) is 9.84 Å². The third-order valence-corrected chi connectivity index (χ3v) is 14.1. The van der Waals surface area contributed by atoms with Crippen molar-refractivity contribution in [3.63, 3.8) is 0 Å². The SMILES string of the molecule is O=S1(=O)c2ccc(-c3nc(-c4ccccc4)nc(-c4ccc(-c5ccccc5)cc4)n3)cc2C2CC[C@@H]3CC4CC(C2)[C@H]4[C@H]3c2ccccc21. The molecule has 4 bridgehead atoms. The molecule has 3 heterocycles. The van der Waals surface area contributed by atoms with Crippen LogP contribution in [0, 0.1) is 23.7 Å². The Morgan fingerprint density at radius 2 is 0.980 bits per heavy atom. The molecule has 3 fully saturated rings. The van der Waals surface area contributed by atoms with Crippen molar-refractivity contribution < 1.29 is 8.42 Å². The molecule has 3 saturated carbocycles. The van der Waals surface area contributed by atoms with E-state index in [2.05, 4.69) is 48.5 Å². The molecule has 5 aliphatic rings. The second-order valence-corrected chi connectivity index (χ2v) is 16.7. The second kappa shape index (κ2) is 11.6. The molecule has 0 spiro atoms. The zero-order valence-corrected chi connectivity index (χ0v) is 28.5. The lowest BCUT2D eigenvalue weighted by atomic mass is 9.58. The summed E-state index contributed by atoms with van der Waals surface area (Å²) < 4.78 is 29.4. The molecule has 0 radical (unpaired) electrons. The first-order chi connectivity index (χ1) is 24.5. The van der Waals surface area contributed by atoms with Gasteiger partial charge in [0.05, 0.1) is 9.79 Å². The maximum atomic E-state index is 14.7. The highest BCUT2D eigenvalue weighted by Gasteiger charge is 2.56. The molecule has 0 saturated heterocycles. The summed E-state index contributed by atoms with van der Waals surface area (Å²) in [5.41, 5.74) is 6.88. The predicted molar refractivity (Wildman–Crippen MR) is 196 cm³/mol. The normalized spacial score (nSPS) is 25.5. The lowest BCUT2D eigenvalue weighted by molar-refractivity contribution is 0.0687. The van der Waals surface area contributed by atoms with Crippen molar-refractivity contribution in [3.05, 3.63) is 139 Å². The van der Waals surface area contributed by atoms with Crippen LogP contribution in [0.25, 0.3) is 45.3 Å². The quantitative estimate of drug-likeness (QED) is 0.187. The van der Waals surface area contributed by atoms with Crippen LogP contribution in [0.2, 0.25) is 0 Å². The van der Waals surface area contributed by atoms with Crippen LogP contribution >= 0.6 is 0 Å². The summed E-state index contributed by atoms with van der Waals surface area (Å²) in [4.78, 5) is 16.0. The Morgan fingerprint density at radius 1 is 0.460 bits per heavy atom. The summed E-state index contributed by atoms with van der Waals surface area (Å²) in [5.74, 6) is 4.78. The van der Waals surface area contributed by atoms with E-state index < -0.39 is 9.84 Å². The molecule has 1 aromatic heterocycles. The van der Waals surface area contributed by atoms with Crippen molar-refractivity contribution in [1.82, 2.24) is 15.0 Å². The number of rotatable bonds is 4. The largest absolute Gasteiger partial charge is 0.218 e. The number of hydrogen-bond acceptors (Lipinski definition) is 5. The number of sulfone groups is 1. The van der Waals surface area contributed by atoms with Crippen molar-refractivity contribution in [2.24, 2.45) is 23.7 Å². The molecule has 3 unspecified atom stereocenters. The molecule has 3 aliphatic carbocycles. The van der Waals surface area contributed by atoms with Gasteiger partial charge in [0.2, 0.25) is 9.84 Å². The van der Waals surface area contributed by atoms with Crippen LogP contribution in [0.5, 0.6) is 0 Å². The lowest BCUT2D eigenvalue weighted by Crippen LogP contribution is -2.38. The Balaban J connectivity index is 1.13. The first-order valence-electron chi connectivity index (χ1n) is 18.0. The fraction of sp³-hybridized carbons (Fsp3) is 0.250. The minimum atomic E-state index is -3.75. The van der Waals surface area contributed by atoms with Crippen molar-refractivity contribution in [1.29, 1.82) is 0 Å². The van der Waals surface area contributed by atoms with Gasteiger partial charge in [-0.1, -0.05) is 103 Å². The van der Waals surface area contributed by atoms with Crippen LogP contribution in [0.4, 0.5) is 0 Å². The van der Waals surface area contributed by atoms with Crippen molar-refractivity contribution >= 4 is 9.84 Å². The fourth-order valence-electron chi connectivity index (χ4n) is 9.94. The molecule has 11 rings (SSSR count). The number of nitrogens with zero attached hydrogens (tertiary/aromatic N) is 3. The zero-order chi connectivity index (χ0) is 33.4. The van der Waals surface area contributed by atoms with Gasteiger partial charge in [-0.15, -0.1) is 0 Å². The highest BCUT2D eigenvalue weighted by Crippen LogP contribution is 2.66. The molecule has 246 valence electrons. The molecule has 5 aromatic carbocycles. The summed E-state index contributed by atoms with van der Waals surface area (Å²) in [6, 6.07) is 42.4. The molecule has 0 N–H and O–H groups in total. The Morgan fingerprint density at radius 3 is 1.72 bits per heavy atom. The van der Waals surface area contributed by atoms with Crippen LogP contribution in [0.15, 0.2) is 137 Å².